The number of carbonyl (C=O) groups is 3. The Morgan fingerprint density at radius 2 is 1.38 bits per heavy atom. The van der Waals surface area contributed by atoms with Crippen molar-refractivity contribution in [2.24, 2.45) is 0 Å². The molecule has 3 N–H and O–H groups in total. The monoisotopic (exact) mass is 399 g/mol. The fraction of sp³-hybridized carbons (Fsp3) is 0.286. The van der Waals surface area contributed by atoms with E-state index in [1.807, 2.05) is 18.2 Å². The van der Waals surface area contributed by atoms with Gasteiger partial charge in [0.1, 0.15) is 17.9 Å². The van der Waals surface area contributed by atoms with Gasteiger partial charge in [-0.1, -0.05) is 30.3 Å². The molecule has 0 bridgehead atoms. The molecular weight excluding hydrogens is 374 g/mol. The standard InChI is InChI=1S/C21H25N3O5/c1-21(2,3)29-20(27)22-13-18(25)23-16-11-7-8-12-17(16)24-19(26)14-28-15-9-5-4-6-10-15/h4-12H,13-14H2,1-3H3,(H,22,27)(H,23,25)(H,24,26). The van der Waals surface area contributed by atoms with E-state index in [1.165, 1.54) is 0 Å². The van der Waals surface area contributed by atoms with Gasteiger partial charge in [-0.25, -0.2) is 4.79 Å². The second-order valence-corrected chi connectivity index (χ2v) is 7.10. The molecule has 8 heteroatoms. The third-order valence-electron chi connectivity index (χ3n) is 3.38. The maximum atomic E-state index is 12.1. The second-order valence-electron chi connectivity index (χ2n) is 7.10. The van der Waals surface area contributed by atoms with E-state index in [9.17, 15) is 14.4 Å². The summed E-state index contributed by atoms with van der Waals surface area (Å²) in [6.45, 7) is 4.74. The van der Waals surface area contributed by atoms with Gasteiger partial charge in [-0.05, 0) is 45.0 Å². The van der Waals surface area contributed by atoms with Crippen LogP contribution in [-0.4, -0.2) is 36.7 Å². The summed E-state index contributed by atoms with van der Waals surface area (Å²) in [7, 11) is 0. The number of benzene rings is 2. The molecule has 0 fully saturated rings. The number of anilines is 2. The molecule has 2 aromatic rings. The van der Waals surface area contributed by atoms with Gasteiger partial charge in [0.05, 0.1) is 11.4 Å². The molecule has 0 radical (unpaired) electrons. The zero-order chi connectivity index (χ0) is 21.3. The molecule has 0 spiro atoms. The number of rotatable bonds is 7. The van der Waals surface area contributed by atoms with Crippen molar-refractivity contribution in [3.63, 3.8) is 0 Å². The van der Waals surface area contributed by atoms with Crippen LogP contribution >= 0.6 is 0 Å². The summed E-state index contributed by atoms with van der Waals surface area (Å²) in [6, 6.07) is 15.7. The number of nitrogens with one attached hydrogen (secondary N) is 3. The van der Waals surface area contributed by atoms with Gasteiger partial charge in [-0.2, -0.15) is 0 Å². The van der Waals surface area contributed by atoms with Crippen molar-refractivity contribution >= 4 is 29.3 Å². The van der Waals surface area contributed by atoms with Crippen molar-refractivity contribution in [1.82, 2.24) is 5.32 Å². The fourth-order valence-corrected chi connectivity index (χ4v) is 2.21. The van der Waals surface area contributed by atoms with E-state index in [0.29, 0.717) is 17.1 Å². The summed E-state index contributed by atoms with van der Waals surface area (Å²) < 4.78 is 10.5. The molecule has 0 saturated heterocycles. The lowest BCUT2D eigenvalue weighted by atomic mass is 10.2. The van der Waals surface area contributed by atoms with E-state index in [2.05, 4.69) is 16.0 Å². The van der Waals surface area contributed by atoms with E-state index in [1.54, 1.807) is 57.2 Å². The Morgan fingerprint density at radius 1 is 0.828 bits per heavy atom. The van der Waals surface area contributed by atoms with Crippen molar-refractivity contribution in [3.05, 3.63) is 54.6 Å². The molecule has 0 unspecified atom stereocenters. The Labute approximate surface area is 169 Å². The molecule has 2 rings (SSSR count). The maximum Gasteiger partial charge on any atom is 0.408 e. The number of para-hydroxylation sites is 3. The van der Waals surface area contributed by atoms with E-state index >= 15 is 0 Å². The molecule has 0 aliphatic carbocycles. The highest BCUT2D eigenvalue weighted by Gasteiger charge is 2.17. The van der Waals surface area contributed by atoms with Crippen LogP contribution in [0.4, 0.5) is 16.2 Å². The predicted octanol–water partition coefficient (Wildman–Crippen LogP) is 3.17. The third-order valence-corrected chi connectivity index (χ3v) is 3.38. The van der Waals surface area contributed by atoms with Crippen molar-refractivity contribution in [3.8, 4) is 5.75 Å². The predicted molar refractivity (Wildman–Crippen MR) is 110 cm³/mol. The number of hydrogen-bond donors (Lipinski definition) is 3. The summed E-state index contributed by atoms with van der Waals surface area (Å²) in [5, 5.41) is 7.71. The van der Waals surface area contributed by atoms with Crippen molar-refractivity contribution in [2.75, 3.05) is 23.8 Å². The van der Waals surface area contributed by atoms with E-state index in [0.717, 1.165) is 0 Å². The average Bonchev–Trinajstić information content (AvgIpc) is 2.66. The Bertz CT molecular complexity index is 847. The van der Waals surface area contributed by atoms with Crippen LogP contribution in [0.15, 0.2) is 54.6 Å². The molecule has 0 saturated carbocycles. The van der Waals surface area contributed by atoms with Gasteiger partial charge in [-0.3, -0.25) is 9.59 Å². The van der Waals surface area contributed by atoms with Gasteiger partial charge in [0.25, 0.3) is 5.91 Å². The lowest BCUT2D eigenvalue weighted by Gasteiger charge is -2.19. The van der Waals surface area contributed by atoms with E-state index in [4.69, 9.17) is 9.47 Å². The first-order valence-electron chi connectivity index (χ1n) is 9.06. The number of hydrogen-bond acceptors (Lipinski definition) is 5. The molecule has 0 heterocycles. The highest BCUT2D eigenvalue weighted by Crippen LogP contribution is 2.21. The topological polar surface area (TPSA) is 106 Å². The SMILES string of the molecule is CC(C)(C)OC(=O)NCC(=O)Nc1ccccc1NC(=O)COc1ccccc1. The highest BCUT2D eigenvalue weighted by atomic mass is 16.6. The number of alkyl carbamates (subject to hydrolysis) is 1. The Kier molecular flexibility index (Phi) is 7.59. The molecule has 2 aromatic carbocycles. The van der Waals surface area contributed by atoms with Crippen LogP contribution in [0, 0.1) is 0 Å². The highest BCUT2D eigenvalue weighted by molar-refractivity contribution is 6.01. The van der Waals surface area contributed by atoms with Crippen LogP contribution in [0.2, 0.25) is 0 Å². The lowest BCUT2D eigenvalue weighted by molar-refractivity contribution is -0.118. The number of carbonyl (C=O) groups excluding carboxylic acids is 3. The van der Waals surface area contributed by atoms with Crippen LogP contribution in [0.3, 0.4) is 0 Å². The minimum atomic E-state index is -0.688. The van der Waals surface area contributed by atoms with Crippen LogP contribution < -0.4 is 20.7 Å². The van der Waals surface area contributed by atoms with Crippen LogP contribution in [0.1, 0.15) is 20.8 Å². The molecule has 0 aromatic heterocycles. The normalized spacial score (nSPS) is 10.6. The Hall–Kier alpha value is -3.55. The lowest BCUT2D eigenvalue weighted by Crippen LogP contribution is -2.37. The summed E-state index contributed by atoms with van der Waals surface area (Å²) in [4.78, 5) is 35.9. The molecule has 154 valence electrons. The van der Waals surface area contributed by atoms with Gasteiger partial charge >= 0.3 is 6.09 Å². The van der Waals surface area contributed by atoms with Gasteiger partial charge in [0, 0.05) is 0 Å². The zero-order valence-electron chi connectivity index (χ0n) is 16.7. The Balaban J connectivity index is 1.86. The van der Waals surface area contributed by atoms with E-state index in [-0.39, 0.29) is 19.1 Å². The maximum absolute atomic E-state index is 12.1. The fourth-order valence-electron chi connectivity index (χ4n) is 2.21. The van der Waals surface area contributed by atoms with Gasteiger partial charge < -0.3 is 25.4 Å². The zero-order valence-corrected chi connectivity index (χ0v) is 16.7. The molecular formula is C21H25N3O5. The van der Waals surface area contributed by atoms with Gasteiger partial charge in [-0.15, -0.1) is 0 Å². The van der Waals surface area contributed by atoms with Gasteiger partial charge in [0.2, 0.25) is 5.91 Å². The van der Waals surface area contributed by atoms with E-state index < -0.39 is 17.6 Å². The minimum absolute atomic E-state index is 0.174. The largest absolute Gasteiger partial charge is 0.484 e. The smallest absolute Gasteiger partial charge is 0.408 e. The van der Waals surface area contributed by atoms with Crippen LogP contribution in [0.25, 0.3) is 0 Å². The van der Waals surface area contributed by atoms with Crippen molar-refractivity contribution in [2.45, 2.75) is 26.4 Å². The molecule has 0 atom stereocenters. The van der Waals surface area contributed by atoms with Crippen molar-refractivity contribution < 1.29 is 23.9 Å². The number of ether oxygens (including phenoxy) is 2. The molecule has 0 aliphatic heterocycles. The third kappa shape index (κ3) is 8.34. The summed E-state index contributed by atoms with van der Waals surface area (Å²) in [5.41, 5.74) is 0.163. The molecule has 8 nitrogen and oxygen atoms in total. The average molecular weight is 399 g/mol. The minimum Gasteiger partial charge on any atom is -0.484 e. The van der Waals surface area contributed by atoms with Crippen molar-refractivity contribution in [1.29, 1.82) is 0 Å². The first kappa shape index (κ1) is 21.7. The first-order valence-corrected chi connectivity index (χ1v) is 9.06. The summed E-state index contributed by atoms with van der Waals surface area (Å²) >= 11 is 0. The Morgan fingerprint density at radius 3 is 1.97 bits per heavy atom. The summed E-state index contributed by atoms with van der Waals surface area (Å²) in [6.07, 6.45) is -0.688. The second kappa shape index (κ2) is 10.1. The summed E-state index contributed by atoms with van der Waals surface area (Å²) in [5.74, 6) is -0.252. The number of amides is 3. The molecule has 0 aliphatic rings. The van der Waals surface area contributed by atoms with Crippen LogP contribution in [-0.2, 0) is 14.3 Å². The quantitative estimate of drug-likeness (QED) is 0.663. The molecule has 29 heavy (non-hydrogen) atoms. The van der Waals surface area contributed by atoms with Crippen LogP contribution in [0.5, 0.6) is 5.75 Å². The first-order chi connectivity index (χ1) is 13.7. The van der Waals surface area contributed by atoms with Gasteiger partial charge in [0.15, 0.2) is 6.61 Å². The molecule has 3 amide bonds.